The average molecular weight is 204 g/mol. The standard InChI is InChI=1S/C6H6BrNS/c1-5-8-4-6(9-5)2-3-7/h2-4H,1H3/b3-2+. The van der Waals surface area contributed by atoms with E-state index in [1.54, 1.807) is 11.3 Å². The van der Waals surface area contributed by atoms with Gasteiger partial charge in [0.05, 0.1) is 5.01 Å². The summed E-state index contributed by atoms with van der Waals surface area (Å²) in [5.74, 6) is 0. The molecule has 1 aromatic heterocycles. The van der Waals surface area contributed by atoms with Crippen LogP contribution in [0.2, 0.25) is 0 Å². The summed E-state index contributed by atoms with van der Waals surface area (Å²) < 4.78 is 0. The zero-order valence-corrected chi connectivity index (χ0v) is 7.37. The van der Waals surface area contributed by atoms with E-state index in [0.717, 1.165) is 5.01 Å². The summed E-state index contributed by atoms with van der Waals surface area (Å²) in [5, 5.41) is 1.11. The molecule has 0 bridgehead atoms. The Bertz CT molecular complexity index is 217. The molecule has 0 unspecified atom stereocenters. The third-order valence-electron chi connectivity index (χ3n) is 0.866. The highest BCUT2D eigenvalue weighted by molar-refractivity contribution is 9.11. The third-order valence-corrected chi connectivity index (χ3v) is 2.01. The fraction of sp³-hybridized carbons (Fsp3) is 0.167. The van der Waals surface area contributed by atoms with Crippen LogP contribution in [0.4, 0.5) is 0 Å². The van der Waals surface area contributed by atoms with Gasteiger partial charge in [0.25, 0.3) is 0 Å². The van der Waals surface area contributed by atoms with Gasteiger partial charge in [-0.2, -0.15) is 0 Å². The highest BCUT2D eigenvalue weighted by atomic mass is 79.9. The summed E-state index contributed by atoms with van der Waals surface area (Å²) in [6.07, 6.45) is 3.84. The zero-order chi connectivity index (χ0) is 6.69. The van der Waals surface area contributed by atoms with Crippen molar-refractivity contribution in [1.29, 1.82) is 0 Å². The summed E-state index contributed by atoms with van der Waals surface area (Å²) in [5.41, 5.74) is 0. The van der Waals surface area contributed by atoms with Crippen molar-refractivity contribution in [3.63, 3.8) is 0 Å². The van der Waals surface area contributed by atoms with Gasteiger partial charge < -0.3 is 0 Å². The number of hydrogen-bond donors (Lipinski definition) is 0. The van der Waals surface area contributed by atoms with Crippen molar-refractivity contribution >= 4 is 33.3 Å². The van der Waals surface area contributed by atoms with Crippen molar-refractivity contribution in [3.8, 4) is 0 Å². The van der Waals surface area contributed by atoms with Gasteiger partial charge in [0.2, 0.25) is 0 Å². The van der Waals surface area contributed by atoms with Crippen LogP contribution in [0.1, 0.15) is 9.88 Å². The van der Waals surface area contributed by atoms with Crippen molar-refractivity contribution in [1.82, 2.24) is 4.98 Å². The Morgan fingerprint density at radius 1 is 1.78 bits per heavy atom. The van der Waals surface area contributed by atoms with Gasteiger partial charge in [-0.25, -0.2) is 4.98 Å². The van der Waals surface area contributed by atoms with Gasteiger partial charge in [-0.15, -0.1) is 11.3 Å². The van der Waals surface area contributed by atoms with Crippen LogP contribution >= 0.6 is 27.3 Å². The summed E-state index contributed by atoms with van der Waals surface area (Å²) in [6, 6.07) is 0. The predicted molar refractivity (Wildman–Crippen MR) is 44.8 cm³/mol. The normalized spacial score (nSPS) is 10.9. The van der Waals surface area contributed by atoms with Crippen LogP contribution in [0.25, 0.3) is 6.08 Å². The number of aryl methyl sites for hydroxylation is 1. The lowest BCUT2D eigenvalue weighted by Crippen LogP contribution is -1.57. The Hall–Kier alpha value is -0.150. The van der Waals surface area contributed by atoms with E-state index in [1.165, 1.54) is 4.88 Å². The van der Waals surface area contributed by atoms with E-state index in [2.05, 4.69) is 20.9 Å². The first-order valence-corrected chi connectivity index (χ1v) is 4.25. The van der Waals surface area contributed by atoms with E-state index < -0.39 is 0 Å². The van der Waals surface area contributed by atoms with Crippen LogP contribution in [0.3, 0.4) is 0 Å². The highest BCUT2D eigenvalue weighted by Crippen LogP contribution is 2.13. The number of rotatable bonds is 1. The number of aromatic nitrogens is 1. The Morgan fingerprint density at radius 3 is 3.00 bits per heavy atom. The number of halogens is 1. The Morgan fingerprint density at radius 2 is 2.56 bits per heavy atom. The topological polar surface area (TPSA) is 12.9 Å². The summed E-state index contributed by atoms with van der Waals surface area (Å²) >= 11 is 4.88. The maximum absolute atomic E-state index is 4.08. The third kappa shape index (κ3) is 1.91. The minimum atomic E-state index is 1.11. The molecule has 0 saturated heterocycles. The van der Waals surface area contributed by atoms with Crippen LogP contribution in [-0.4, -0.2) is 4.98 Å². The van der Waals surface area contributed by atoms with Crippen molar-refractivity contribution in [2.45, 2.75) is 6.92 Å². The Kier molecular flexibility index (Phi) is 2.42. The molecule has 0 fully saturated rings. The maximum atomic E-state index is 4.08. The number of hydrogen-bond acceptors (Lipinski definition) is 2. The molecule has 0 aromatic carbocycles. The molecule has 0 saturated carbocycles. The molecule has 0 atom stereocenters. The maximum Gasteiger partial charge on any atom is 0.0900 e. The molecule has 0 aliphatic rings. The second-order valence-corrected chi connectivity index (χ2v) is 3.37. The molecule has 0 N–H and O–H groups in total. The van der Waals surface area contributed by atoms with Crippen LogP contribution in [0, 0.1) is 6.92 Å². The monoisotopic (exact) mass is 203 g/mol. The van der Waals surface area contributed by atoms with E-state index in [1.807, 2.05) is 24.2 Å². The Labute approximate surface area is 66.6 Å². The second kappa shape index (κ2) is 3.13. The molecule has 0 aliphatic carbocycles. The van der Waals surface area contributed by atoms with Gasteiger partial charge in [0.1, 0.15) is 0 Å². The van der Waals surface area contributed by atoms with E-state index in [9.17, 15) is 0 Å². The van der Waals surface area contributed by atoms with Gasteiger partial charge >= 0.3 is 0 Å². The predicted octanol–water partition coefficient (Wildman–Crippen LogP) is 2.82. The largest absolute Gasteiger partial charge is 0.249 e. The minimum absolute atomic E-state index is 1.11. The lowest BCUT2D eigenvalue weighted by molar-refractivity contribution is 1.30. The molecule has 1 aromatic rings. The van der Waals surface area contributed by atoms with E-state index in [4.69, 9.17) is 0 Å². The van der Waals surface area contributed by atoms with Gasteiger partial charge in [-0.05, 0) is 18.0 Å². The van der Waals surface area contributed by atoms with E-state index >= 15 is 0 Å². The molecule has 0 spiro atoms. The molecular weight excluding hydrogens is 198 g/mol. The minimum Gasteiger partial charge on any atom is -0.249 e. The van der Waals surface area contributed by atoms with Crippen LogP contribution < -0.4 is 0 Å². The summed E-state index contributed by atoms with van der Waals surface area (Å²) in [4.78, 5) is 7.10. The first-order chi connectivity index (χ1) is 4.33. The number of nitrogens with zero attached hydrogens (tertiary/aromatic N) is 1. The van der Waals surface area contributed by atoms with Gasteiger partial charge in [0, 0.05) is 11.1 Å². The van der Waals surface area contributed by atoms with Crippen molar-refractivity contribution in [2.75, 3.05) is 0 Å². The van der Waals surface area contributed by atoms with E-state index in [-0.39, 0.29) is 0 Å². The van der Waals surface area contributed by atoms with Crippen LogP contribution in [-0.2, 0) is 0 Å². The highest BCUT2D eigenvalue weighted by Gasteiger charge is 1.89. The fourth-order valence-electron chi connectivity index (χ4n) is 0.517. The van der Waals surface area contributed by atoms with Crippen molar-refractivity contribution in [2.24, 2.45) is 0 Å². The van der Waals surface area contributed by atoms with E-state index in [0.29, 0.717) is 0 Å². The molecular formula is C6H6BrNS. The molecule has 1 rings (SSSR count). The van der Waals surface area contributed by atoms with Crippen molar-refractivity contribution < 1.29 is 0 Å². The lowest BCUT2D eigenvalue weighted by Gasteiger charge is -1.74. The van der Waals surface area contributed by atoms with Gasteiger partial charge in [-0.1, -0.05) is 15.9 Å². The van der Waals surface area contributed by atoms with Gasteiger partial charge in [0.15, 0.2) is 0 Å². The Balaban J connectivity index is 2.85. The first-order valence-electron chi connectivity index (χ1n) is 2.52. The molecule has 3 heteroatoms. The molecule has 0 radical (unpaired) electrons. The van der Waals surface area contributed by atoms with Crippen LogP contribution in [0.5, 0.6) is 0 Å². The van der Waals surface area contributed by atoms with Gasteiger partial charge in [-0.3, -0.25) is 0 Å². The molecule has 1 heterocycles. The van der Waals surface area contributed by atoms with Crippen molar-refractivity contribution in [3.05, 3.63) is 21.1 Å². The first kappa shape index (κ1) is 6.96. The lowest BCUT2D eigenvalue weighted by atomic mass is 10.5. The fourth-order valence-corrected chi connectivity index (χ4v) is 1.66. The molecule has 1 nitrogen and oxygen atoms in total. The van der Waals surface area contributed by atoms with Crippen LogP contribution in [0.15, 0.2) is 11.2 Å². The quantitative estimate of drug-likeness (QED) is 0.685. The molecule has 0 amide bonds. The summed E-state index contributed by atoms with van der Waals surface area (Å²) in [7, 11) is 0. The smallest absolute Gasteiger partial charge is 0.0900 e. The molecule has 48 valence electrons. The molecule has 0 aliphatic heterocycles. The number of thiazole rings is 1. The average Bonchev–Trinajstić information content (AvgIpc) is 2.17. The zero-order valence-electron chi connectivity index (χ0n) is 4.97. The molecule has 9 heavy (non-hydrogen) atoms. The SMILES string of the molecule is Cc1ncc(/C=C/Br)s1. The summed E-state index contributed by atoms with van der Waals surface area (Å²) in [6.45, 7) is 2.00. The second-order valence-electron chi connectivity index (χ2n) is 1.57.